The first kappa shape index (κ1) is 20.6. The van der Waals surface area contributed by atoms with Crippen LogP contribution in [0.5, 0.6) is 0 Å². The Hall–Kier alpha value is -2.10. The Balaban J connectivity index is 1.73. The quantitative estimate of drug-likeness (QED) is 0.830. The van der Waals surface area contributed by atoms with Crippen LogP contribution in [0.2, 0.25) is 0 Å². The van der Waals surface area contributed by atoms with E-state index in [2.05, 4.69) is 43.4 Å². The third-order valence-electron chi connectivity index (χ3n) is 5.63. The van der Waals surface area contributed by atoms with Gasteiger partial charge in [-0.1, -0.05) is 58.9 Å². The van der Waals surface area contributed by atoms with Crippen LogP contribution in [0.25, 0.3) is 5.57 Å². The van der Waals surface area contributed by atoms with Crippen LogP contribution in [-0.4, -0.2) is 35.8 Å². The molecule has 1 aromatic carbocycles. The van der Waals surface area contributed by atoms with E-state index >= 15 is 0 Å². The molecule has 1 unspecified atom stereocenters. The van der Waals surface area contributed by atoms with Crippen molar-refractivity contribution in [2.45, 2.75) is 66.3 Å². The number of fused-ring (bicyclic) bond motifs is 2. The maximum atomic E-state index is 13.0. The summed E-state index contributed by atoms with van der Waals surface area (Å²) in [6, 6.07) is 8.77. The van der Waals surface area contributed by atoms with E-state index in [1.807, 2.05) is 25.7 Å². The SMILES string of the molecule is CC(C)CC1C2=C(CCN1C(=O)CNC(=O)CC(C)(C)C)c1ccccc1C2. The van der Waals surface area contributed by atoms with Gasteiger partial charge in [0.05, 0.1) is 12.6 Å². The van der Waals surface area contributed by atoms with Crippen molar-refractivity contribution in [3.05, 3.63) is 41.0 Å². The second-order valence-electron chi connectivity index (χ2n) is 9.83. The average Bonchev–Trinajstić information content (AvgIpc) is 2.97. The number of nitrogens with zero attached hydrogens (tertiary/aromatic N) is 1. The summed E-state index contributed by atoms with van der Waals surface area (Å²) in [5.74, 6) is 0.494. The van der Waals surface area contributed by atoms with Gasteiger partial charge in [0.15, 0.2) is 0 Å². The van der Waals surface area contributed by atoms with Crippen molar-refractivity contribution in [3.63, 3.8) is 0 Å². The zero-order valence-corrected chi connectivity index (χ0v) is 18.0. The maximum absolute atomic E-state index is 13.0. The molecule has 28 heavy (non-hydrogen) atoms. The minimum atomic E-state index is -0.0756. The van der Waals surface area contributed by atoms with Gasteiger partial charge >= 0.3 is 0 Å². The number of rotatable bonds is 5. The second kappa shape index (κ2) is 8.10. The lowest BCUT2D eigenvalue weighted by Crippen LogP contribution is -2.49. The second-order valence-corrected chi connectivity index (χ2v) is 9.83. The normalized spacial score (nSPS) is 18.9. The first-order valence-corrected chi connectivity index (χ1v) is 10.5. The summed E-state index contributed by atoms with van der Waals surface area (Å²) in [6.45, 7) is 11.4. The number of carbonyl (C=O) groups is 2. The first-order valence-electron chi connectivity index (χ1n) is 10.5. The van der Waals surface area contributed by atoms with Crippen molar-refractivity contribution in [1.29, 1.82) is 0 Å². The van der Waals surface area contributed by atoms with Crippen molar-refractivity contribution in [2.24, 2.45) is 11.3 Å². The Morgan fingerprint density at radius 3 is 2.61 bits per heavy atom. The smallest absolute Gasteiger partial charge is 0.242 e. The molecule has 152 valence electrons. The zero-order chi connectivity index (χ0) is 20.5. The van der Waals surface area contributed by atoms with E-state index < -0.39 is 0 Å². The molecule has 1 aliphatic heterocycles. The summed E-state index contributed by atoms with van der Waals surface area (Å²) in [4.78, 5) is 27.2. The third kappa shape index (κ3) is 4.65. The van der Waals surface area contributed by atoms with E-state index in [4.69, 9.17) is 0 Å². The third-order valence-corrected chi connectivity index (χ3v) is 5.63. The molecule has 3 rings (SSSR count). The number of hydrogen-bond donors (Lipinski definition) is 1. The van der Waals surface area contributed by atoms with Gasteiger partial charge in [0, 0.05) is 13.0 Å². The van der Waals surface area contributed by atoms with Gasteiger partial charge < -0.3 is 10.2 Å². The molecule has 1 N–H and O–H groups in total. The summed E-state index contributed by atoms with van der Waals surface area (Å²) in [6.07, 6.45) is 3.25. The highest BCUT2D eigenvalue weighted by Crippen LogP contribution is 2.42. The molecular formula is C24H34N2O2. The molecule has 1 heterocycles. The summed E-state index contributed by atoms with van der Waals surface area (Å²) < 4.78 is 0. The van der Waals surface area contributed by atoms with Crippen LogP contribution >= 0.6 is 0 Å². The fourth-order valence-electron chi connectivity index (χ4n) is 4.48. The molecule has 4 heteroatoms. The predicted molar refractivity (Wildman–Crippen MR) is 114 cm³/mol. The number of benzene rings is 1. The fourth-order valence-corrected chi connectivity index (χ4v) is 4.48. The van der Waals surface area contributed by atoms with E-state index in [0.29, 0.717) is 12.3 Å². The van der Waals surface area contributed by atoms with Gasteiger partial charge in [-0.2, -0.15) is 0 Å². The van der Waals surface area contributed by atoms with Gasteiger partial charge in [-0.15, -0.1) is 0 Å². The molecule has 0 radical (unpaired) electrons. The molecule has 4 nitrogen and oxygen atoms in total. The highest BCUT2D eigenvalue weighted by Gasteiger charge is 2.36. The minimum absolute atomic E-state index is 0.0374. The average molecular weight is 383 g/mol. The molecule has 2 aliphatic rings. The lowest BCUT2D eigenvalue weighted by molar-refractivity contribution is -0.135. The molecule has 0 aromatic heterocycles. The number of nitrogens with one attached hydrogen (secondary N) is 1. The van der Waals surface area contributed by atoms with Crippen LogP contribution in [0.3, 0.4) is 0 Å². The van der Waals surface area contributed by atoms with Crippen LogP contribution in [-0.2, 0) is 16.0 Å². The fraction of sp³-hybridized carbons (Fsp3) is 0.583. The van der Waals surface area contributed by atoms with Crippen molar-refractivity contribution in [2.75, 3.05) is 13.1 Å². The van der Waals surface area contributed by atoms with Crippen molar-refractivity contribution in [3.8, 4) is 0 Å². The maximum Gasteiger partial charge on any atom is 0.242 e. The minimum Gasteiger partial charge on any atom is -0.347 e. The van der Waals surface area contributed by atoms with Gasteiger partial charge in [0.25, 0.3) is 0 Å². The van der Waals surface area contributed by atoms with Crippen molar-refractivity contribution in [1.82, 2.24) is 10.2 Å². The topological polar surface area (TPSA) is 49.4 Å². The predicted octanol–water partition coefficient (Wildman–Crippen LogP) is 4.20. The molecule has 0 fully saturated rings. The highest BCUT2D eigenvalue weighted by molar-refractivity contribution is 5.87. The zero-order valence-electron chi connectivity index (χ0n) is 18.0. The molecule has 1 atom stereocenters. The summed E-state index contributed by atoms with van der Waals surface area (Å²) in [7, 11) is 0. The van der Waals surface area contributed by atoms with E-state index in [9.17, 15) is 9.59 Å². The van der Waals surface area contributed by atoms with Crippen molar-refractivity contribution >= 4 is 17.4 Å². The van der Waals surface area contributed by atoms with Gasteiger partial charge in [0.2, 0.25) is 11.8 Å². The molecule has 1 aliphatic carbocycles. The first-order chi connectivity index (χ1) is 13.2. The van der Waals surface area contributed by atoms with E-state index in [1.54, 1.807) is 0 Å². The van der Waals surface area contributed by atoms with E-state index in [0.717, 1.165) is 25.8 Å². The molecule has 0 bridgehead atoms. The molecule has 2 amide bonds. The van der Waals surface area contributed by atoms with Gasteiger partial charge in [-0.25, -0.2) is 0 Å². The summed E-state index contributed by atoms with van der Waals surface area (Å²) >= 11 is 0. The van der Waals surface area contributed by atoms with Crippen LogP contribution in [0.15, 0.2) is 29.8 Å². The van der Waals surface area contributed by atoms with Crippen LogP contribution in [0.1, 0.15) is 65.0 Å². The standard InChI is InChI=1S/C24H34N2O2/c1-16(2)12-21-20-13-17-8-6-7-9-18(17)19(20)10-11-26(21)23(28)15-25-22(27)14-24(3,4)5/h6-9,16,21H,10-15H2,1-5H3,(H,25,27). The summed E-state index contributed by atoms with van der Waals surface area (Å²) in [5, 5.41) is 2.84. The van der Waals surface area contributed by atoms with Crippen LogP contribution in [0, 0.1) is 11.3 Å². The van der Waals surface area contributed by atoms with Crippen molar-refractivity contribution < 1.29 is 9.59 Å². The molecule has 0 saturated carbocycles. The molecule has 0 spiro atoms. The van der Waals surface area contributed by atoms with Gasteiger partial charge in [-0.3, -0.25) is 9.59 Å². The number of amides is 2. The Morgan fingerprint density at radius 1 is 1.21 bits per heavy atom. The lowest BCUT2D eigenvalue weighted by atomic mass is 9.87. The van der Waals surface area contributed by atoms with E-state index in [1.165, 1.54) is 22.3 Å². The van der Waals surface area contributed by atoms with E-state index in [-0.39, 0.29) is 29.8 Å². The Bertz CT molecular complexity index is 786. The lowest BCUT2D eigenvalue weighted by Gasteiger charge is -2.38. The monoisotopic (exact) mass is 382 g/mol. The molecular weight excluding hydrogens is 348 g/mol. The molecule has 0 saturated heterocycles. The van der Waals surface area contributed by atoms with Crippen LogP contribution < -0.4 is 5.32 Å². The Morgan fingerprint density at radius 2 is 1.93 bits per heavy atom. The molecule has 1 aromatic rings. The largest absolute Gasteiger partial charge is 0.347 e. The Kier molecular flexibility index (Phi) is 5.97. The van der Waals surface area contributed by atoms with Gasteiger partial charge in [-0.05, 0) is 52.9 Å². The highest BCUT2D eigenvalue weighted by atomic mass is 16.2. The Labute approximate surface area is 169 Å². The summed E-state index contributed by atoms with van der Waals surface area (Å²) in [5.41, 5.74) is 5.54. The number of carbonyl (C=O) groups excluding carboxylic acids is 2. The van der Waals surface area contributed by atoms with Crippen LogP contribution in [0.4, 0.5) is 0 Å². The number of hydrogen-bond acceptors (Lipinski definition) is 2. The van der Waals surface area contributed by atoms with Gasteiger partial charge in [0.1, 0.15) is 0 Å².